The molecule has 1 amide bonds. The lowest BCUT2D eigenvalue weighted by Gasteiger charge is -2.35. The van der Waals surface area contributed by atoms with E-state index in [1.54, 1.807) is 19.2 Å². The van der Waals surface area contributed by atoms with Gasteiger partial charge in [0, 0.05) is 34.6 Å². The highest BCUT2D eigenvalue weighted by atomic mass is 32.1. The number of halogens is 1. The topological polar surface area (TPSA) is 46.8 Å². The van der Waals surface area contributed by atoms with Gasteiger partial charge >= 0.3 is 0 Å². The maximum Gasteiger partial charge on any atom is 0.233 e. The predicted molar refractivity (Wildman–Crippen MR) is 120 cm³/mol. The molecule has 0 bridgehead atoms. The molecule has 5 rings (SSSR count). The molecule has 0 N–H and O–H groups in total. The Balaban J connectivity index is 1.44. The van der Waals surface area contributed by atoms with E-state index < -0.39 is 0 Å². The van der Waals surface area contributed by atoms with Crippen molar-refractivity contribution in [3.63, 3.8) is 0 Å². The van der Waals surface area contributed by atoms with Crippen LogP contribution in [-0.4, -0.2) is 28.4 Å². The second-order valence-electron chi connectivity index (χ2n) is 7.84. The summed E-state index contributed by atoms with van der Waals surface area (Å²) >= 11 is 1.52. The molecule has 7 heteroatoms. The van der Waals surface area contributed by atoms with Crippen molar-refractivity contribution in [2.24, 2.45) is 0 Å². The average Bonchev–Trinajstić information content (AvgIpc) is 3.36. The standard InChI is InChI=1S/C24H22FN3O2S/c1-15-6-7-17-10-18(25)8-9-22(17)28(15)23(29)12-19-14-31-24-26-21(13-27(19)24)16-4-3-5-20(11-16)30-2/h3-5,8-11,13-15H,6-7,12H2,1-2H3. The van der Waals surface area contributed by atoms with Crippen molar-refractivity contribution in [2.45, 2.75) is 32.2 Å². The van der Waals surface area contributed by atoms with Gasteiger partial charge in [-0.15, -0.1) is 11.3 Å². The zero-order valence-corrected chi connectivity index (χ0v) is 18.2. The molecule has 0 spiro atoms. The fraction of sp³-hybridized carbons (Fsp3) is 0.250. The minimum absolute atomic E-state index is 0.0105. The number of nitrogens with zero attached hydrogens (tertiary/aromatic N) is 3. The van der Waals surface area contributed by atoms with E-state index in [1.165, 1.54) is 17.4 Å². The van der Waals surface area contributed by atoms with Gasteiger partial charge in [-0.05, 0) is 55.7 Å². The molecular formula is C24H22FN3O2S. The Hall–Kier alpha value is -3.19. The Labute approximate surface area is 183 Å². The lowest BCUT2D eigenvalue weighted by atomic mass is 9.96. The highest BCUT2D eigenvalue weighted by Gasteiger charge is 2.29. The third kappa shape index (κ3) is 3.59. The van der Waals surface area contributed by atoms with Crippen LogP contribution in [0, 0.1) is 5.82 Å². The van der Waals surface area contributed by atoms with Gasteiger partial charge in [-0.2, -0.15) is 0 Å². The number of fused-ring (bicyclic) bond motifs is 2. The zero-order valence-electron chi connectivity index (χ0n) is 17.3. The maximum atomic E-state index is 13.7. The number of anilines is 1. The normalized spacial score (nSPS) is 15.8. The molecule has 1 atom stereocenters. The van der Waals surface area contributed by atoms with Gasteiger partial charge in [0.25, 0.3) is 0 Å². The van der Waals surface area contributed by atoms with Gasteiger partial charge in [0.2, 0.25) is 5.91 Å². The van der Waals surface area contributed by atoms with Crippen LogP contribution < -0.4 is 9.64 Å². The molecular weight excluding hydrogens is 413 g/mol. The number of amides is 1. The number of aromatic nitrogens is 2. The zero-order chi connectivity index (χ0) is 21.5. The molecule has 3 heterocycles. The van der Waals surface area contributed by atoms with Gasteiger partial charge in [0.05, 0.1) is 19.2 Å². The summed E-state index contributed by atoms with van der Waals surface area (Å²) in [5.41, 5.74) is 4.41. The van der Waals surface area contributed by atoms with Gasteiger partial charge in [0.15, 0.2) is 4.96 Å². The second kappa shape index (κ2) is 7.81. The summed E-state index contributed by atoms with van der Waals surface area (Å²) in [5.74, 6) is 0.526. The summed E-state index contributed by atoms with van der Waals surface area (Å²) in [6.45, 7) is 2.05. The first-order chi connectivity index (χ1) is 15.0. The van der Waals surface area contributed by atoms with E-state index in [0.29, 0.717) is 0 Å². The Bertz CT molecular complexity index is 1280. The molecule has 2 aromatic heterocycles. The van der Waals surface area contributed by atoms with Crippen LogP contribution in [0.25, 0.3) is 16.2 Å². The van der Waals surface area contributed by atoms with Crippen molar-refractivity contribution in [2.75, 3.05) is 12.0 Å². The number of methoxy groups -OCH3 is 1. The Morgan fingerprint density at radius 3 is 3.00 bits per heavy atom. The van der Waals surface area contributed by atoms with Crippen molar-refractivity contribution in [3.05, 3.63) is 71.1 Å². The molecule has 1 aliphatic heterocycles. The largest absolute Gasteiger partial charge is 0.497 e. The fourth-order valence-corrected chi connectivity index (χ4v) is 5.09. The highest BCUT2D eigenvalue weighted by molar-refractivity contribution is 7.15. The van der Waals surface area contributed by atoms with Crippen LogP contribution in [0.1, 0.15) is 24.6 Å². The average molecular weight is 436 g/mol. The Morgan fingerprint density at radius 1 is 1.29 bits per heavy atom. The summed E-state index contributed by atoms with van der Waals surface area (Å²) in [7, 11) is 1.64. The Morgan fingerprint density at radius 2 is 2.16 bits per heavy atom. The van der Waals surface area contributed by atoms with Crippen LogP contribution >= 0.6 is 11.3 Å². The van der Waals surface area contributed by atoms with E-state index in [9.17, 15) is 9.18 Å². The molecule has 2 aromatic carbocycles. The van der Waals surface area contributed by atoms with Gasteiger partial charge in [-0.25, -0.2) is 9.37 Å². The monoisotopic (exact) mass is 435 g/mol. The van der Waals surface area contributed by atoms with Crippen LogP contribution in [0.4, 0.5) is 10.1 Å². The highest BCUT2D eigenvalue weighted by Crippen LogP contribution is 2.32. The van der Waals surface area contributed by atoms with E-state index >= 15 is 0 Å². The number of carbonyl (C=O) groups excluding carboxylic acids is 1. The van der Waals surface area contributed by atoms with Crippen molar-refractivity contribution < 1.29 is 13.9 Å². The van der Waals surface area contributed by atoms with Gasteiger partial charge in [-0.1, -0.05) is 12.1 Å². The lowest BCUT2D eigenvalue weighted by Crippen LogP contribution is -2.43. The number of ether oxygens (including phenoxy) is 1. The summed E-state index contributed by atoms with van der Waals surface area (Å²) in [6.07, 6.45) is 3.83. The first kappa shape index (κ1) is 19.8. The number of benzene rings is 2. The van der Waals surface area contributed by atoms with Gasteiger partial charge in [0.1, 0.15) is 11.6 Å². The first-order valence-electron chi connectivity index (χ1n) is 10.2. The number of imidazole rings is 1. The minimum atomic E-state index is -0.260. The van der Waals surface area contributed by atoms with E-state index in [2.05, 4.69) is 0 Å². The van der Waals surface area contributed by atoms with E-state index in [4.69, 9.17) is 9.72 Å². The molecule has 1 unspecified atom stereocenters. The molecule has 0 saturated heterocycles. The van der Waals surface area contributed by atoms with Gasteiger partial charge in [-0.3, -0.25) is 9.20 Å². The van der Waals surface area contributed by atoms with Crippen LogP contribution in [0.15, 0.2) is 54.0 Å². The molecule has 0 saturated carbocycles. The lowest BCUT2D eigenvalue weighted by molar-refractivity contribution is -0.118. The second-order valence-corrected chi connectivity index (χ2v) is 8.68. The number of hydrogen-bond donors (Lipinski definition) is 0. The van der Waals surface area contributed by atoms with Crippen LogP contribution in [-0.2, 0) is 17.6 Å². The van der Waals surface area contributed by atoms with Crippen LogP contribution in [0.2, 0.25) is 0 Å². The third-order valence-electron chi connectivity index (χ3n) is 5.82. The summed E-state index contributed by atoms with van der Waals surface area (Å²) in [5, 5.41) is 1.98. The number of rotatable bonds is 4. The number of aryl methyl sites for hydroxylation is 1. The first-order valence-corrected chi connectivity index (χ1v) is 11.1. The number of hydrogen-bond acceptors (Lipinski definition) is 4. The van der Waals surface area contributed by atoms with Gasteiger partial charge < -0.3 is 9.64 Å². The van der Waals surface area contributed by atoms with E-state index in [1.807, 2.05) is 52.1 Å². The molecule has 1 aliphatic rings. The fourth-order valence-electron chi connectivity index (χ4n) is 4.22. The van der Waals surface area contributed by atoms with Crippen LogP contribution in [0.5, 0.6) is 5.75 Å². The van der Waals surface area contributed by atoms with E-state index in [0.717, 1.165) is 51.8 Å². The molecule has 4 aromatic rings. The third-order valence-corrected chi connectivity index (χ3v) is 6.71. The molecule has 5 nitrogen and oxygen atoms in total. The van der Waals surface area contributed by atoms with Crippen molar-refractivity contribution in [1.29, 1.82) is 0 Å². The van der Waals surface area contributed by atoms with Crippen molar-refractivity contribution in [3.8, 4) is 17.0 Å². The quantitative estimate of drug-likeness (QED) is 0.447. The predicted octanol–water partition coefficient (Wildman–Crippen LogP) is 5.12. The molecule has 0 fully saturated rings. The number of carbonyl (C=O) groups is 1. The van der Waals surface area contributed by atoms with Crippen molar-refractivity contribution >= 4 is 27.9 Å². The molecule has 31 heavy (non-hydrogen) atoms. The van der Waals surface area contributed by atoms with Crippen LogP contribution in [0.3, 0.4) is 0 Å². The molecule has 0 aliphatic carbocycles. The number of thiazole rings is 1. The smallest absolute Gasteiger partial charge is 0.233 e. The van der Waals surface area contributed by atoms with Crippen molar-refractivity contribution in [1.82, 2.24) is 9.38 Å². The van der Waals surface area contributed by atoms with E-state index in [-0.39, 0.29) is 24.2 Å². The minimum Gasteiger partial charge on any atom is -0.497 e. The summed E-state index contributed by atoms with van der Waals surface area (Å²) in [6, 6.07) is 12.5. The summed E-state index contributed by atoms with van der Waals surface area (Å²) in [4.78, 5) is 20.7. The molecule has 0 radical (unpaired) electrons. The molecule has 158 valence electrons. The SMILES string of the molecule is COc1cccc(-c2cn3c(CC(=O)N4c5ccc(F)cc5CCC4C)csc3n2)c1. The maximum absolute atomic E-state index is 13.7. The summed E-state index contributed by atoms with van der Waals surface area (Å²) < 4.78 is 21.0. The Kier molecular flexibility index (Phi) is 4.98.